The number of hydrogen-bond donors (Lipinski definition) is 2. The largest absolute Gasteiger partial charge is 0.489 e. The van der Waals surface area contributed by atoms with Crippen molar-refractivity contribution in [2.75, 3.05) is 57.5 Å². The van der Waals surface area contributed by atoms with Gasteiger partial charge in [-0.2, -0.15) is 0 Å². The molecule has 0 spiro atoms. The Morgan fingerprint density at radius 2 is 1.52 bits per heavy atom. The number of benzene rings is 3. The first-order chi connectivity index (χ1) is 23.1. The molecule has 1 fully saturated rings. The molecule has 0 amide bonds. The van der Waals surface area contributed by atoms with Gasteiger partial charge in [0.15, 0.2) is 9.84 Å². The lowest BCUT2D eigenvalue weighted by atomic mass is 9.68. The van der Waals surface area contributed by atoms with Gasteiger partial charge < -0.3 is 19.6 Å². The minimum absolute atomic E-state index is 0.0250. The van der Waals surface area contributed by atoms with Crippen LogP contribution >= 0.6 is 0 Å². The maximum Gasteiger partial charge on any atom is 0.179 e. The van der Waals surface area contributed by atoms with Crippen molar-refractivity contribution in [1.29, 1.82) is 0 Å². The zero-order valence-electron chi connectivity index (χ0n) is 29.9. The van der Waals surface area contributed by atoms with Crippen LogP contribution in [0.4, 0.5) is 5.69 Å². The molecule has 5 rings (SSSR count). The molecule has 0 radical (unpaired) electrons. The molecule has 48 heavy (non-hydrogen) atoms. The summed E-state index contributed by atoms with van der Waals surface area (Å²) in [4.78, 5) is 6.50. The topological polar surface area (TPSA) is 74.5 Å². The van der Waals surface area contributed by atoms with Crippen molar-refractivity contribution in [3.63, 3.8) is 0 Å². The van der Waals surface area contributed by atoms with Gasteiger partial charge in [0, 0.05) is 49.8 Å². The van der Waals surface area contributed by atoms with Crippen molar-refractivity contribution >= 4 is 15.5 Å². The molecule has 2 heterocycles. The molecule has 262 valence electrons. The van der Waals surface area contributed by atoms with E-state index in [0.29, 0.717) is 29.9 Å². The predicted molar refractivity (Wildman–Crippen MR) is 196 cm³/mol. The summed E-state index contributed by atoms with van der Waals surface area (Å²) >= 11 is 0. The summed E-state index contributed by atoms with van der Waals surface area (Å²) in [7, 11) is 0.285. The zero-order valence-corrected chi connectivity index (χ0v) is 30.7. The molecular formula is C40H58N3O4S+. The first-order valence-electron chi connectivity index (χ1n) is 18.2. The van der Waals surface area contributed by atoms with Crippen molar-refractivity contribution in [2.24, 2.45) is 5.41 Å². The Hall–Kier alpha value is -2.91. The van der Waals surface area contributed by atoms with Crippen LogP contribution in [0.15, 0.2) is 71.6 Å². The molecule has 3 aromatic carbocycles. The van der Waals surface area contributed by atoms with E-state index in [1.807, 2.05) is 55.4 Å². The molecule has 3 aromatic rings. The smallest absolute Gasteiger partial charge is 0.179 e. The maximum absolute atomic E-state index is 14.1. The number of sulfone groups is 1. The number of ether oxygens (including phenoxy) is 1. The van der Waals surface area contributed by atoms with E-state index in [0.717, 1.165) is 61.3 Å². The monoisotopic (exact) mass is 676 g/mol. The quantitative estimate of drug-likeness (QED) is 0.228. The number of rotatable bonds is 14. The second-order valence-corrected chi connectivity index (χ2v) is 16.4. The van der Waals surface area contributed by atoms with Crippen LogP contribution in [0.25, 0.3) is 0 Å². The van der Waals surface area contributed by atoms with Crippen LogP contribution in [0, 0.1) is 5.41 Å². The molecule has 2 atom stereocenters. The van der Waals surface area contributed by atoms with Crippen molar-refractivity contribution in [3.8, 4) is 5.75 Å². The summed E-state index contributed by atoms with van der Waals surface area (Å²) in [5.74, 6) is 0.254. The van der Waals surface area contributed by atoms with E-state index in [4.69, 9.17) is 4.74 Å². The second kappa shape index (κ2) is 16.2. The number of piperazine rings is 1. The summed E-state index contributed by atoms with van der Waals surface area (Å²) in [6, 6.07) is 22.3. The van der Waals surface area contributed by atoms with Gasteiger partial charge in [0.05, 0.1) is 29.8 Å². The van der Waals surface area contributed by atoms with E-state index in [1.165, 1.54) is 31.7 Å². The molecule has 2 aliphatic heterocycles. The first-order valence-corrected chi connectivity index (χ1v) is 19.8. The Morgan fingerprint density at radius 3 is 2.10 bits per heavy atom. The van der Waals surface area contributed by atoms with Gasteiger partial charge in [-0.15, -0.1) is 0 Å². The Bertz CT molecular complexity index is 1560. The number of aliphatic hydroxyl groups is 1. The van der Waals surface area contributed by atoms with E-state index >= 15 is 0 Å². The minimum atomic E-state index is -3.63. The number of nitrogens with zero attached hydrogens (tertiary/aromatic N) is 2. The van der Waals surface area contributed by atoms with E-state index in [1.54, 1.807) is 11.0 Å². The fourth-order valence-corrected chi connectivity index (χ4v) is 9.92. The van der Waals surface area contributed by atoms with E-state index in [-0.39, 0.29) is 5.75 Å². The number of quaternary nitrogens is 1. The average Bonchev–Trinajstić information content (AvgIpc) is 3.16. The van der Waals surface area contributed by atoms with Crippen LogP contribution < -0.4 is 14.5 Å². The highest BCUT2D eigenvalue weighted by molar-refractivity contribution is 7.91. The average molecular weight is 677 g/mol. The third-order valence-corrected chi connectivity index (χ3v) is 12.8. The first kappa shape index (κ1) is 36.4. The van der Waals surface area contributed by atoms with Gasteiger partial charge in [-0.25, -0.2) is 8.42 Å². The number of nitrogens with one attached hydrogen (secondary N) is 1. The molecule has 0 aromatic heterocycles. The Kier molecular flexibility index (Phi) is 12.3. The van der Waals surface area contributed by atoms with E-state index in [2.05, 4.69) is 49.9 Å². The van der Waals surface area contributed by atoms with Crippen molar-refractivity contribution in [1.82, 2.24) is 4.90 Å². The minimum Gasteiger partial charge on any atom is -0.489 e. The number of unbranched alkanes of at least 4 members (excludes halogenated alkanes) is 2. The molecule has 2 N–H and O–H groups in total. The molecule has 0 aliphatic carbocycles. The van der Waals surface area contributed by atoms with Crippen LogP contribution in [-0.4, -0.2) is 77.1 Å². The highest BCUT2D eigenvalue weighted by atomic mass is 32.2. The Morgan fingerprint density at radius 1 is 0.896 bits per heavy atom. The second-order valence-electron chi connectivity index (χ2n) is 14.4. The van der Waals surface area contributed by atoms with Crippen LogP contribution in [0.3, 0.4) is 0 Å². The molecule has 0 bridgehead atoms. The number of hydrogen-bond acceptors (Lipinski definition) is 6. The predicted octanol–water partition coefficient (Wildman–Crippen LogP) is 5.70. The van der Waals surface area contributed by atoms with Gasteiger partial charge in [-0.3, -0.25) is 4.90 Å². The van der Waals surface area contributed by atoms with Crippen LogP contribution in [0.2, 0.25) is 0 Å². The highest BCUT2D eigenvalue weighted by Gasteiger charge is 2.49. The number of likely N-dealkylation sites (N-methyl/N-ethyl adjacent to an activating group) is 1. The van der Waals surface area contributed by atoms with Crippen LogP contribution in [-0.2, 0) is 23.0 Å². The van der Waals surface area contributed by atoms with Gasteiger partial charge in [-0.05, 0) is 66.4 Å². The van der Waals surface area contributed by atoms with Crippen molar-refractivity contribution < 1.29 is 23.2 Å². The van der Waals surface area contributed by atoms with Crippen molar-refractivity contribution in [3.05, 3.63) is 89.0 Å². The van der Waals surface area contributed by atoms with E-state index < -0.39 is 27.3 Å². The molecule has 1 saturated heterocycles. The van der Waals surface area contributed by atoms with Gasteiger partial charge in [0.2, 0.25) is 0 Å². The van der Waals surface area contributed by atoms with E-state index in [9.17, 15) is 13.5 Å². The van der Waals surface area contributed by atoms with Gasteiger partial charge >= 0.3 is 0 Å². The standard InChI is InChI=1S/C40H57N3O4S/c1-6-9-21-40(22-10-7-2)30-48(45,46)37-20-17-34(41(4)5)27-36(37)38(39(40)44)33-15-18-35(19-16-33)47-29-32-13-11-31(12-14-32)28-43-25-23-42(8-3)24-26-43/h11-20,27,38-39,44H,6-10,21-26,28-30H2,1-5H3/p+1/t38-,39-/m1/s1. The summed E-state index contributed by atoms with van der Waals surface area (Å²) in [6.07, 6.45) is 4.20. The number of aliphatic hydroxyl groups excluding tert-OH is 1. The van der Waals surface area contributed by atoms with Crippen LogP contribution in [0.5, 0.6) is 5.75 Å². The fraction of sp³-hybridized carbons (Fsp3) is 0.550. The molecule has 8 heteroatoms. The lowest BCUT2D eigenvalue weighted by Gasteiger charge is -2.40. The SMILES string of the molecule is CCCCC1(CCCC)CS(=O)(=O)c2ccc(N(C)C)cc2[C@@H](c2ccc(OCc3ccc(C[NH+]4CCN(CC)CC4)cc3)cc2)[C@H]1O. The van der Waals surface area contributed by atoms with Crippen molar-refractivity contribution in [2.45, 2.75) is 89.4 Å². The molecule has 0 saturated carbocycles. The highest BCUT2D eigenvalue weighted by Crippen LogP contribution is 2.50. The van der Waals surface area contributed by atoms with Gasteiger partial charge in [0.25, 0.3) is 0 Å². The molecule has 0 unspecified atom stereocenters. The Labute approximate surface area is 289 Å². The number of fused-ring (bicyclic) bond motifs is 1. The summed E-state index contributed by atoms with van der Waals surface area (Å²) in [6.45, 7) is 13.9. The zero-order chi connectivity index (χ0) is 34.3. The fourth-order valence-electron chi connectivity index (χ4n) is 7.73. The number of anilines is 1. The third-order valence-electron chi connectivity index (χ3n) is 10.8. The third kappa shape index (κ3) is 8.44. The maximum atomic E-state index is 14.1. The lowest BCUT2D eigenvalue weighted by Crippen LogP contribution is -3.13. The summed E-state index contributed by atoms with van der Waals surface area (Å²) in [5, 5.41) is 12.4. The molecular weight excluding hydrogens is 619 g/mol. The van der Waals surface area contributed by atoms with Crippen LogP contribution in [0.1, 0.15) is 87.5 Å². The summed E-state index contributed by atoms with van der Waals surface area (Å²) < 4.78 is 34.4. The summed E-state index contributed by atoms with van der Waals surface area (Å²) in [5.41, 5.74) is 4.28. The normalized spacial score (nSPS) is 21.0. The van der Waals surface area contributed by atoms with Gasteiger partial charge in [-0.1, -0.05) is 82.9 Å². The lowest BCUT2D eigenvalue weighted by molar-refractivity contribution is -0.918. The Balaban J connectivity index is 1.37. The molecule has 7 nitrogen and oxygen atoms in total. The molecule has 2 aliphatic rings. The van der Waals surface area contributed by atoms with Gasteiger partial charge in [0.1, 0.15) is 18.9 Å².